The standard InChI is InChI=1S/C34H23NO/c36-26-21-19-25(20-22-26)35-30-18-10-9-17-29(30)32-31(23-11-3-1-4-12-23)27-15-7-8-16-28(27)33(32)34(35)24-13-5-2-6-14-24/h1-22,36H. The number of nitrogens with zero attached hydrogens (tertiary/aromatic N) is 1. The Labute approximate surface area is 209 Å². The van der Waals surface area contributed by atoms with Gasteiger partial charge in [0.1, 0.15) is 5.75 Å². The first-order valence-electron chi connectivity index (χ1n) is 12.2. The number of aromatic nitrogens is 1. The van der Waals surface area contributed by atoms with E-state index in [1.54, 1.807) is 12.1 Å². The van der Waals surface area contributed by atoms with E-state index in [9.17, 15) is 5.11 Å². The average molecular weight is 462 g/mol. The quantitative estimate of drug-likeness (QED) is 0.279. The Morgan fingerprint density at radius 3 is 1.61 bits per heavy atom. The molecule has 36 heavy (non-hydrogen) atoms. The van der Waals surface area contributed by atoms with Crippen molar-refractivity contribution >= 4 is 21.7 Å². The molecule has 0 unspecified atom stereocenters. The Balaban J connectivity index is 1.78. The zero-order valence-corrected chi connectivity index (χ0v) is 19.6. The van der Waals surface area contributed by atoms with E-state index in [2.05, 4.69) is 114 Å². The second-order valence-electron chi connectivity index (χ2n) is 9.12. The van der Waals surface area contributed by atoms with E-state index < -0.39 is 0 Å². The summed E-state index contributed by atoms with van der Waals surface area (Å²) in [6.07, 6.45) is 0. The van der Waals surface area contributed by atoms with Crippen LogP contribution in [0.2, 0.25) is 0 Å². The number of phenolic OH excluding ortho intramolecular Hbond substituents is 1. The number of pyridine rings is 1. The van der Waals surface area contributed by atoms with E-state index in [0.29, 0.717) is 0 Å². The SMILES string of the molecule is Oc1ccc(-n2c(-c3ccccc3)c3c4ccccc4c(-c4ccccc4)c-3c3ccccc32)cc1. The van der Waals surface area contributed by atoms with Crippen molar-refractivity contribution in [1.82, 2.24) is 4.57 Å². The predicted octanol–water partition coefficient (Wildman–Crippen LogP) is 8.93. The molecule has 1 N–H and O–H groups in total. The third kappa shape index (κ3) is 3.05. The van der Waals surface area contributed by atoms with Gasteiger partial charge in [0.25, 0.3) is 0 Å². The molecule has 0 aromatic heterocycles. The van der Waals surface area contributed by atoms with Gasteiger partial charge in [-0.25, -0.2) is 0 Å². The summed E-state index contributed by atoms with van der Waals surface area (Å²) in [5.74, 6) is 0.260. The van der Waals surface area contributed by atoms with Gasteiger partial charge in [-0.15, -0.1) is 0 Å². The molecule has 7 rings (SSSR count). The fourth-order valence-electron chi connectivity index (χ4n) is 5.59. The molecule has 1 aliphatic heterocycles. The van der Waals surface area contributed by atoms with Gasteiger partial charge in [-0.2, -0.15) is 0 Å². The van der Waals surface area contributed by atoms with Gasteiger partial charge in [-0.1, -0.05) is 103 Å². The second kappa shape index (κ2) is 8.14. The molecule has 5 aromatic carbocycles. The molecule has 0 radical (unpaired) electrons. The van der Waals surface area contributed by atoms with Crippen LogP contribution in [0.15, 0.2) is 133 Å². The van der Waals surface area contributed by atoms with Crippen molar-refractivity contribution in [2.45, 2.75) is 0 Å². The molecule has 0 fully saturated rings. The Morgan fingerprint density at radius 1 is 0.417 bits per heavy atom. The lowest BCUT2D eigenvalue weighted by atomic mass is 9.91. The highest BCUT2D eigenvalue weighted by Gasteiger charge is 2.28. The number of aromatic hydroxyl groups is 1. The number of benzene rings is 5. The van der Waals surface area contributed by atoms with Gasteiger partial charge >= 0.3 is 0 Å². The molecular weight excluding hydrogens is 438 g/mol. The van der Waals surface area contributed by atoms with Crippen molar-refractivity contribution in [3.8, 4) is 44.9 Å². The largest absolute Gasteiger partial charge is 0.508 e. The second-order valence-corrected chi connectivity index (χ2v) is 9.12. The lowest BCUT2D eigenvalue weighted by molar-refractivity contribution is 0.475. The third-order valence-electron chi connectivity index (χ3n) is 7.06. The van der Waals surface area contributed by atoms with Crippen LogP contribution in [-0.4, -0.2) is 9.67 Å². The first kappa shape index (κ1) is 20.5. The summed E-state index contributed by atoms with van der Waals surface area (Å²) in [5, 5.41) is 13.7. The fraction of sp³-hybridized carbons (Fsp3) is 0. The smallest absolute Gasteiger partial charge is 0.115 e. The Morgan fingerprint density at radius 2 is 0.944 bits per heavy atom. The summed E-state index contributed by atoms with van der Waals surface area (Å²) in [5.41, 5.74) is 9.43. The van der Waals surface area contributed by atoms with Crippen LogP contribution < -0.4 is 0 Å². The van der Waals surface area contributed by atoms with Crippen LogP contribution in [0.1, 0.15) is 0 Å². The maximum Gasteiger partial charge on any atom is 0.115 e. The number of hydrogen-bond acceptors (Lipinski definition) is 1. The van der Waals surface area contributed by atoms with Gasteiger partial charge in [-0.05, 0) is 57.8 Å². The molecule has 0 amide bonds. The van der Waals surface area contributed by atoms with E-state index in [0.717, 1.165) is 22.5 Å². The molecule has 1 heterocycles. The van der Waals surface area contributed by atoms with Gasteiger partial charge in [0.15, 0.2) is 0 Å². The molecular formula is C34H23NO. The van der Waals surface area contributed by atoms with Crippen molar-refractivity contribution < 1.29 is 5.11 Å². The number of rotatable bonds is 3. The van der Waals surface area contributed by atoms with E-state index in [1.165, 1.54) is 38.4 Å². The minimum Gasteiger partial charge on any atom is -0.508 e. The van der Waals surface area contributed by atoms with Crippen molar-refractivity contribution in [2.75, 3.05) is 0 Å². The van der Waals surface area contributed by atoms with Crippen LogP contribution in [0.3, 0.4) is 0 Å². The molecule has 0 atom stereocenters. The number of fused-ring (bicyclic) bond motifs is 5. The maximum absolute atomic E-state index is 10.0. The van der Waals surface area contributed by atoms with Gasteiger partial charge in [0.2, 0.25) is 0 Å². The Hall–Kier alpha value is -4.82. The average Bonchev–Trinajstić information content (AvgIpc) is 3.29. The van der Waals surface area contributed by atoms with Crippen molar-refractivity contribution in [1.29, 1.82) is 0 Å². The Bertz CT molecular complexity index is 1810. The summed E-state index contributed by atoms with van der Waals surface area (Å²) < 4.78 is 2.34. The van der Waals surface area contributed by atoms with Gasteiger partial charge in [-0.3, -0.25) is 0 Å². The van der Waals surface area contributed by atoms with Crippen LogP contribution >= 0.6 is 0 Å². The highest BCUT2D eigenvalue weighted by molar-refractivity contribution is 6.24. The first-order valence-corrected chi connectivity index (χ1v) is 12.2. The lowest BCUT2D eigenvalue weighted by Gasteiger charge is -2.24. The molecule has 0 saturated heterocycles. The Kier molecular flexibility index (Phi) is 4.65. The van der Waals surface area contributed by atoms with Crippen LogP contribution in [-0.2, 0) is 0 Å². The van der Waals surface area contributed by atoms with Crippen molar-refractivity contribution in [3.05, 3.63) is 133 Å². The predicted molar refractivity (Wildman–Crippen MR) is 150 cm³/mol. The maximum atomic E-state index is 10.0. The highest BCUT2D eigenvalue weighted by atomic mass is 16.3. The molecule has 2 nitrogen and oxygen atoms in total. The highest BCUT2D eigenvalue weighted by Crippen LogP contribution is 2.52. The van der Waals surface area contributed by atoms with E-state index in [1.807, 2.05) is 12.1 Å². The monoisotopic (exact) mass is 461 g/mol. The van der Waals surface area contributed by atoms with E-state index >= 15 is 0 Å². The molecule has 1 aliphatic carbocycles. The fourth-order valence-corrected chi connectivity index (χ4v) is 5.59. The lowest BCUT2D eigenvalue weighted by Crippen LogP contribution is -2.05. The summed E-state index contributed by atoms with van der Waals surface area (Å²) in [4.78, 5) is 0. The van der Waals surface area contributed by atoms with E-state index in [-0.39, 0.29) is 5.75 Å². The van der Waals surface area contributed by atoms with Crippen LogP contribution in [0.4, 0.5) is 0 Å². The van der Waals surface area contributed by atoms with Crippen molar-refractivity contribution in [3.63, 3.8) is 0 Å². The molecule has 5 aromatic rings. The molecule has 170 valence electrons. The number of phenols is 1. The van der Waals surface area contributed by atoms with Crippen LogP contribution in [0.25, 0.3) is 60.9 Å². The van der Waals surface area contributed by atoms with Gasteiger partial charge < -0.3 is 9.67 Å². The number of para-hydroxylation sites is 1. The summed E-state index contributed by atoms with van der Waals surface area (Å²) >= 11 is 0. The van der Waals surface area contributed by atoms with Crippen LogP contribution in [0.5, 0.6) is 5.75 Å². The summed E-state index contributed by atoms with van der Waals surface area (Å²) in [6.45, 7) is 0. The zero-order valence-electron chi connectivity index (χ0n) is 19.6. The summed E-state index contributed by atoms with van der Waals surface area (Å²) in [7, 11) is 0. The minimum absolute atomic E-state index is 0.260. The topological polar surface area (TPSA) is 25.2 Å². The summed E-state index contributed by atoms with van der Waals surface area (Å²) in [6, 6.07) is 46.2. The molecule has 2 heteroatoms. The van der Waals surface area contributed by atoms with Crippen molar-refractivity contribution in [2.24, 2.45) is 0 Å². The van der Waals surface area contributed by atoms with E-state index in [4.69, 9.17) is 0 Å². The molecule has 2 aliphatic rings. The van der Waals surface area contributed by atoms with Crippen LogP contribution in [0, 0.1) is 0 Å². The zero-order chi connectivity index (χ0) is 24.1. The van der Waals surface area contributed by atoms with Gasteiger partial charge in [0, 0.05) is 22.2 Å². The first-order chi connectivity index (χ1) is 17.8. The normalized spacial score (nSPS) is 11.4. The molecule has 0 saturated carbocycles. The number of hydrogen-bond donors (Lipinski definition) is 1. The van der Waals surface area contributed by atoms with Gasteiger partial charge in [0.05, 0.1) is 11.2 Å². The third-order valence-corrected chi connectivity index (χ3v) is 7.06. The molecule has 0 spiro atoms. The minimum atomic E-state index is 0.260. The molecule has 0 bridgehead atoms.